The van der Waals surface area contributed by atoms with E-state index in [-0.39, 0.29) is 29.8 Å². The summed E-state index contributed by atoms with van der Waals surface area (Å²) in [6.07, 6.45) is 2.47. The van der Waals surface area contributed by atoms with Gasteiger partial charge in [0.2, 0.25) is 0 Å². The number of hydrogen-bond acceptors (Lipinski definition) is 2. The molecular weight excluding hydrogens is 408 g/mol. The maximum Gasteiger partial charge on any atom is 0.191 e. The molecule has 2 N–H and O–H groups in total. The zero-order valence-electron chi connectivity index (χ0n) is 13.4. The number of aliphatic imine (C=N–C) groups is 1. The first-order chi connectivity index (χ1) is 10.7. The van der Waals surface area contributed by atoms with Crippen molar-refractivity contribution in [1.82, 2.24) is 10.6 Å². The van der Waals surface area contributed by atoms with Gasteiger partial charge in [-0.25, -0.2) is 9.38 Å². The molecule has 2 aromatic rings. The lowest BCUT2D eigenvalue weighted by Crippen LogP contribution is -2.38. The number of nitrogens with zero attached hydrogens (tertiary/aromatic N) is 1. The molecule has 2 rings (SSSR count). The van der Waals surface area contributed by atoms with E-state index in [1.807, 2.05) is 25.1 Å². The lowest BCUT2D eigenvalue weighted by atomic mass is 10.1. The Morgan fingerprint density at radius 2 is 2.09 bits per heavy atom. The fraction of sp³-hybridized carbons (Fsp3) is 0.353. The van der Waals surface area contributed by atoms with Crippen LogP contribution in [0.3, 0.4) is 0 Å². The third kappa shape index (κ3) is 6.60. The molecule has 4 nitrogen and oxygen atoms in total. The summed E-state index contributed by atoms with van der Waals surface area (Å²) in [5, 5.41) is 6.45. The summed E-state index contributed by atoms with van der Waals surface area (Å²) in [4.78, 5) is 4.51. The van der Waals surface area contributed by atoms with E-state index in [0.29, 0.717) is 12.1 Å². The van der Waals surface area contributed by atoms with Crippen LogP contribution in [-0.2, 0) is 13.0 Å². The third-order valence-electron chi connectivity index (χ3n) is 3.23. The van der Waals surface area contributed by atoms with Crippen molar-refractivity contribution in [1.29, 1.82) is 0 Å². The Hall–Kier alpha value is -1.57. The second-order valence-electron chi connectivity index (χ2n) is 5.03. The van der Waals surface area contributed by atoms with Crippen molar-refractivity contribution in [3.63, 3.8) is 0 Å². The van der Waals surface area contributed by atoms with Gasteiger partial charge in [-0.3, -0.25) is 0 Å². The monoisotopic (exact) mass is 431 g/mol. The number of halogens is 2. The average Bonchev–Trinajstić information content (AvgIpc) is 3.01. The van der Waals surface area contributed by atoms with Crippen molar-refractivity contribution in [3.8, 4) is 0 Å². The second kappa shape index (κ2) is 10.3. The molecule has 0 aliphatic carbocycles. The molecule has 23 heavy (non-hydrogen) atoms. The van der Waals surface area contributed by atoms with E-state index in [0.717, 1.165) is 36.8 Å². The van der Waals surface area contributed by atoms with Crippen molar-refractivity contribution in [2.45, 2.75) is 26.8 Å². The van der Waals surface area contributed by atoms with Gasteiger partial charge in [-0.05, 0) is 43.2 Å². The van der Waals surface area contributed by atoms with Crippen molar-refractivity contribution in [3.05, 3.63) is 59.3 Å². The Labute approximate surface area is 153 Å². The van der Waals surface area contributed by atoms with E-state index in [9.17, 15) is 4.39 Å². The van der Waals surface area contributed by atoms with Crippen LogP contribution in [0.15, 0.2) is 46.0 Å². The molecule has 0 aliphatic rings. The summed E-state index contributed by atoms with van der Waals surface area (Å²) in [7, 11) is 0. The van der Waals surface area contributed by atoms with Crippen LogP contribution in [0.25, 0.3) is 0 Å². The summed E-state index contributed by atoms with van der Waals surface area (Å²) in [5.74, 6) is 1.50. The lowest BCUT2D eigenvalue weighted by molar-refractivity contribution is 0.507. The maximum absolute atomic E-state index is 13.3. The Morgan fingerprint density at radius 3 is 2.74 bits per heavy atom. The Morgan fingerprint density at radius 1 is 1.26 bits per heavy atom. The minimum absolute atomic E-state index is 0. The number of benzene rings is 1. The topological polar surface area (TPSA) is 49.6 Å². The lowest BCUT2D eigenvalue weighted by Gasteiger charge is -2.11. The molecule has 1 heterocycles. The van der Waals surface area contributed by atoms with Gasteiger partial charge in [-0.1, -0.05) is 12.1 Å². The zero-order chi connectivity index (χ0) is 15.8. The molecule has 0 bridgehead atoms. The molecule has 0 fully saturated rings. The van der Waals surface area contributed by atoms with E-state index in [1.165, 1.54) is 6.07 Å². The molecule has 0 radical (unpaired) electrons. The molecular formula is C17H23FIN3O. The molecule has 1 aromatic carbocycles. The molecule has 1 aromatic heterocycles. The Kier molecular flexibility index (Phi) is 8.68. The van der Waals surface area contributed by atoms with Crippen LogP contribution in [0, 0.1) is 12.7 Å². The quantitative estimate of drug-likeness (QED) is 0.417. The normalized spacial score (nSPS) is 11.0. The second-order valence-corrected chi connectivity index (χ2v) is 5.03. The van der Waals surface area contributed by atoms with Gasteiger partial charge >= 0.3 is 0 Å². The summed E-state index contributed by atoms with van der Waals surface area (Å²) < 4.78 is 18.5. The molecule has 0 amide bonds. The largest absolute Gasteiger partial charge is 0.469 e. The van der Waals surface area contributed by atoms with Crippen LogP contribution in [0.1, 0.15) is 23.8 Å². The first-order valence-corrected chi connectivity index (χ1v) is 7.48. The molecule has 6 heteroatoms. The van der Waals surface area contributed by atoms with E-state index in [1.54, 1.807) is 19.3 Å². The van der Waals surface area contributed by atoms with Gasteiger partial charge in [0.05, 0.1) is 12.8 Å². The summed E-state index contributed by atoms with van der Waals surface area (Å²) in [6.45, 7) is 5.81. The molecule has 0 atom stereocenters. The van der Waals surface area contributed by atoms with Crippen LogP contribution >= 0.6 is 24.0 Å². The molecule has 0 spiro atoms. The van der Waals surface area contributed by atoms with Gasteiger partial charge in [-0.15, -0.1) is 24.0 Å². The summed E-state index contributed by atoms with van der Waals surface area (Å²) in [5.41, 5.74) is 1.63. The molecule has 0 saturated heterocycles. The van der Waals surface area contributed by atoms with Gasteiger partial charge in [0, 0.05) is 19.5 Å². The smallest absolute Gasteiger partial charge is 0.191 e. The van der Waals surface area contributed by atoms with Crippen LogP contribution in [0.2, 0.25) is 0 Å². The van der Waals surface area contributed by atoms with Crippen LogP contribution in [0.5, 0.6) is 0 Å². The van der Waals surface area contributed by atoms with Gasteiger partial charge < -0.3 is 15.1 Å². The van der Waals surface area contributed by atoms with Crippen molar-refractivity contribution >= 4 is 29.9 Å². The van der Waals surface area contributed by atoms with E-state index < -0.39 is 0 Å². The average molecular weight is 431 g/mol. The highest BCUT2D eigenvalue weighted by atomic mass is 127. The van der Waals surface area contributed by atoms with Crippen LogP contribution in [-0.4, -0.2) is 19.0 Å². The van der Waals surface area contributed by atoms with Crippen molar-refractivity contribution in [2.24, 2.45) is 4.99 Å². The van der Waals surface area contributed by atoms with Gasteiger partial charge in [0.15, 0.2) is 5.96 Å². The fourth-order valence-corrected chi connectivity index (χ4v) is 2.08. The highest BCUT2D eigenvalue weighted by Crippen LogP contribution is 2.10. The molecule has 0 unspecified atom stereocenters. The number of hydrogen-bond donors (Lipinski definition) is 2. The molecule has 0 aliphatic heterocycles. The van der Waals surface area contributed by atoms with E-state index in [4.69, 9.17) is 4.42 Å². The Bertz CT molecular complexity index is 614. The minimum atomic E-state index is -0.184. The predicted octanol–water partition coefficient (Wildman–Crippen LogP) is 3.64. The number of rotatable bonds is 6. The van der Waals surface area contributed by atoms with Crippen molar-refractivity contribution in [2.75, 3.05) is 13.1 Å². The highest BCUT2D eigenvalue weighted by Gasteiger charge is 2.01. The van der Waals surface area contributed by atoms with Gasteiger partial charge in [0.25, 0.3) is 0 Å². The first kappa shape index (κ1) is 19.5. The minimum Gasteiger partial charge on any atom is -0.469 e. The first-order valence-electron chi connectivity index (χ1n) is 7.48. The zero-order valence-corrected chi connectivity index (χ0v) is 15.8. The molecule has 126 valence electrons. The SMILES string of the molecule is CCNC(=NCc1ccc(F)c(C)c1)NCCc1ccco1.I. The number of furan rings is 1. The van der Waals surface area contributed by atoms with Gasteiger partial charge in [-0.2, -0.15) is 0 Å². The van der Waals surface area contributed by atoms with Crippen LogP contribution < -0.4 is 10.6 Å². The number of nitrogens with one attached hydrogen (secondary N) is 2. The van der Waals surface area contributed by atoms with E-state index in [2.05, 4.69) is 15.6 Å². The maximum atomic E-state index is 13.3. The van der Waals surface area contributed by atoms with E-state index >= 15 is 0 Å². The summed E-state index contributed by atoms with van der Waals surface area (Å²) >= 11 is 0. The third-order valence-corrected chi connectivity index (χ3v) is 3.23. The predicted molar refractivity (Wildman–Crippen MR) is 102 cm³/mol. The Balaban J connectivity index is 0.00000264. The standard InChI is InChI=1S/C17H22FN3O.HI/c1-3-19-17(20-9-8-15-5-4-10-22-15)21-12-14-6-7-16(18)13(2)11-14;/h4-7,10-11H,3,8-9,12H2,1-2H3,(H2,19,20,21);1H. The van der Waals surface area contributed by atoms with Crippen LogP contribution in [0.4, 0.5) is 4.39 Å². The van der Waals surface area contributed by atoms with Gasteiger partial charge in [0.1, 0.15) is 11.6 Å². The number of aryl methyl sites for hydroxylation is 1. The highest BCUT2D eigenvalue weighted by molar-refractivity contribution is 14.0. The summed E-state index contributed by atoms with van der Waals surface area (Å²) in [6, 6.07) is 8.90. The number of guanidine groups is 1. The fourth-order valence-electron chi connectivity index (χ4n) is 2.08. The van der Waals surface area contributed by atoms with Crippen molar-refractivity contribution < 1.29 is 8.81 Å². The molecule has 0 saturated carbocycles.